The van der Waals surface area contributed by atoms with Gasteiger partial charge in [0.2, 0.25) is 5.91 Å². The Morgan fingerprint density at radius 1 is 0.848 bits per heavy atom. The number of benzene rings is 3. The topological polar surface area (TPSA) is 95.5 Å². The number of nitrogens with one attached hydrogen (secondary N) is 2. The molecule has 0 radical (unpaired) electrons. The molecule has 3 aromatic carbocycles. The number of carbonyl (C=O) groups is 3. The fraction of sp³-hybridized carbons (Fsp3) is 0.222. The molecule has 0 saturated heterocycles. The molecule has 0 saturated carbocycles. The first-order valence-corrected chi connectivity index (χ1v) is 10.9. The molecule has 0 heterocycles. The fourth-order valence-corrected chi connectivity index (χ4v) is 3.53. The second-order valence-electron chi connectivity index (χ2n) is 7.98. The van der Waals surface area contributed by atoms with Gasteiger partial charge in [0.05, 0.1) is 0 Å². The Kier molecular flexibility index (Phi) is 7.97. The summed E-state index contributed by atoms with van der Waals surface area (Å²) < 4.78 is 0. The van der Waals surface area contributed by atoms with Crippen molar-refractivity contribution < 1.29 is 19.5 Å². The van der Waals surface area contributed by atoms with Crippen LogP contribution >= 0.6 is 0 Å². The van der Waals surface area contributed by atoms with Crippen LogP contribution in [0, 0.1) is 13.8 Å². The van der Waals surface area contributed by atoms with Crippen molar-refractivity contribution in [2.75, 3.05) is 0 Å². The van der Waals surface area contributed by atoms with E-state index in [0.717, 1.165) is 27.8 Å². The monoisotopic (exact) mass is 444 g/mol. The molecule has 2 amide bonds. The molecule has 170 valence electrons. The van der Waals surface area contributed by atoms with Gasteiger partial charge in [0.1, 0.15) is 6.04 Å². The van der Waals surface area contributed by atoms with Crippen LogP contribution < -0.4 is 10.6 Å². The van der Waals surface area contributed by atoms with Crippen LogP contribution in [0.5, 0.6) is 0 Å². The maximum atomic E-state index is 12.8. The number of carbonyl (C=O) groups excluding carboxylic acids is 2. The third-order valence-corrected chi connectivity index (χ3v) is 5.69. The molecule has 0 bridgehead atoms. The van der Waals surface area contributed by atoms with Crippen molar-refractivity contribution in [3.63, 3.8) is 0 Å². The van der Waals surface area contributed by atoms with E-state index >= 15 is 0 Å². The average Bonchev–Trinajstić information content (AvgIpc) is 2.83. The first-order valence-electron chi connectivity index (χ1n) is 10.9. The zero-order valence-corrected chi connectivity index (χ0v) is 18.8. The summed E-state index contributed by atoms with van der Waals surface area (Å²) in [6, 6.07) is 21.8. The Morgan fingerprint density at radius 2 is 1.52 bits per heavy atom. The zero-order valence-electron chi connectivity index (χ0n) is 18.8. The second-order valence-corrected chi connectivity index (χ2v) is 7.98. The van der Waals surface area contributed by atoms with Gasteiger partial charge in [-0.15, -0.1) is 0 Å². The molecule has 1 atom stereocenters. The molecule has 0 unspecified atom stereocenters. The summed E-state index contributed by atoms with van der Waals surface area (Å²) in [5.74, 6) is -1.86. The van der Waals surface area contributed by atoms with E-state index in [2.05, 4.69) is 10.6 Å². The fourth-order valence-electron chi connectivity index (χ4n) is 3.53. The van der Waals surface area contributed by atoms with Crippen LogP contribution in [0.3, 0.4) is 0 Å². The number of aliphatic carboxylic acids is 1. The molecule has 6 nitrogen and oxygen atoms in total. The number of hydrogen-bond donors (Lipinski definition) is 3. The SMILES string of the molecule is Cc1cccc(CNC(=O)[C@H](CCC(=O)O)NC(=O)c2ccc(-c3ccccc3)cc2)c1C. The lowest BCUT2D eigenvalue weighted by molar-refractivity contribution is -0.137. The summed E-state index contributed by atoms with van der Waals surface area (Å²) in [6.45, 7) is 4.29. The largest absolute Gasteiger partial charge is 0.481 e. The minimum Gasteiger partial charge on any atom is -0.481 e. The smallest absolute Gasteiger partial charge is 0.303 e. The van der Waals surface area contributed by atoms with Crippen LogP contribution in [-0.4, -0.2) is 28.9 Å². The van der Waals surface area contributed by atoms with Gasteiger partial charge in [-0.2, -0.15) is 0 Å². The van der Waals surface area contributed by atoms with E-state index in [1.54, 1.807) is 12.1 Å². The van der Waals surface area contributed by atoms with E-state index in [-0.39, 0.29) is 12.8 Å². The molecule has 0 aliphatic heterocycles. The molecule has 3 rings (SSSR count). The highest BCUT2D eigenvalue weighted by molar-refractivity contribution is 5.98. The Hall–Kier alpha value is -3.93. The van der Waals surface area contributed by atoms with Gasteiger partial charge in [-0.1, -0.05) is 60.7 Å². The van der Waals surface area contributed by atoms with Crippen molar-refractivity contribution in [3.05, 3.63) is 95.1 Å². The maximum absolute atomic E-state index is 12.8. The van der Waals surface area contributed by atoms with Crippen molar-refractivity contribution in [1.29, 1.82) is 0 Å². The molecule has 33 heavy (non-hydrogen) atoms. The molecular weight excluding hydrogens is 416 g/mol. The van der Waals surface area contributed by atoms with Gasteiger partial charge < -0.3 is 15.7 Å². The number of hydrogen-bond acceptors (Lipinski definition) is 3. The summed E-state index contributed by atoms with van der Waals surface area (Å²) >= 11 is 0. The van der Waals surface area contributed by atoms with Gasteiger partial charge in [0, 0.05) is 18.5 Å². The van der Waals surface area contributed by atoms with Crippen LogP contribution in [0.2, 0.25) is 0 Å². The van der Waals surface area contributed by atoms with Crippen LogP contribution in [-0.2, 0) is 16.1 Å². The highest BCUT2D eigenvalue weighted by Crippen LogP contribution is 2.19. The van der Waals surface area contributed by atoms with Crippen molar-refractivity contribution in [2.24, 2.45) is 0 Å². The van der Waals surface area contributed by atoms with Crippen molar-refractivity contribution >= 4 is 17.8 Å². The molecule has 3 N–H and O–H groups in total. The van der Waals surface area contributed by atoms with Crippen LogP contribution in [0.4, 0.5) is 0 Å². The summed E-state index contributed by atoms with van der Waals surface area (Å²) in [5.41, 5.74) is 5.59. The Bertz CT molecular complexity index is 1120. The van der Waals surface area contributed by atoms with Gasteiger partial charge in [0.25, 0.3) is 5.91 Å². The Morgan fingerprint density at radius 3 is 2.18 bits per heavy atom. The van der Waals surface area contributed by atoms with E-state index in [9.17, 15) is 14.4 Å². The second kappa shape index (κ2) is 11.1. The van der Waals surface area contributed by atoms with Crippen LogP contribution in [0.25, 0.3) is 11.1 Å². The van der Waals surface area contributed by atoms with E-state index in [1.807, 2.05) is 74.5 Å². The third kappa shape index (κ3) is 6.53. The minimum atomic E-state index is -1.02. The highest BCUT2D eigenvalue weighted by Gasteiger charge is 2.22. The summed E-state index contributed by atoms with van der Waals surface area (Å²) in [5, 5.41) is 14.6. The first kappa shape index (κ1) is 23.7. The first-order chi connectivity index (χ1) is 15.8. The highest BCUT2D eigenvalue weighted by atomic mass is 16.4. The van der Waals surface area contributed by atoms with Gasteiger partial charge in [0.15, 0.2) is 0 Å². The zero-order chi connectivity index (χ0) is 23.8. The third-order valence-electron chi connectivity index (χ3n) is 5.69. The minimum absolute atomic E-state index is 0.00179. The molecule has 0 aliphatic rings. The maximum Gasteiger partial charge on any atom is 0.303 e. The van der Waals surface area contributed by atoms with E-state index in [0.29, 0.717) is 12.1 Å². The molecule has 0 aliphatic carbocycles. The van der Waals surface area contributed by atoms with Gasteiger partial charge >= 0.3 is 5.97 Å². The van der Waals surface area contributed by atoms with Crippen LogP contribution in [0.1, 0.15) is 39.9 Å². The molecule has 0 spiro atoms. The molecule has 3 aromatic rings. The lowest BCUT2D eigenvalue weighted by atomic mass is 10.0. The van der Waals surface area contributed by atoms with Gasteiger partial charge in [-0.05, 0) is 60.2 Å². The molecule has 6 heteroatoms. The summed E-state index contributed by atoms with van der Waals surface area (Å²) in [7, 11) is 0. The van der Waals surface area contributed by atoms with Crippen LogP contribution in [0.15, 0.2) is 72.8 Å². The summed E-state index contributed by atoms with van der Waals surface area (Å²) in [6.07, 6.45) is -0.226. The average molecular weight is 445 g/mol. The molecule has 0 aromatic heterocycles. The van der Waals surface area contributed by atoms with Crippen molar-refractivity contribution in [3.8, 4) is 11.1 Å². The number of carboxylic acids is 1. The molecular formula is C27H28N2O4. The number of rotatable bonds is 9. The predicted octanol–water partition coefficient (Wildman–Crippen LogP) is 4.25. The van der Waals surface area contributed by atoms with E-state index in [1.165, 1.54) is 0 Å². The van der Waals surface area contributed by atoms with Crippen molar-refractivity contribution in [2.45, 2.75) is 39.3 Å². The standard InChI is InChI=1S/C27H28N2O4/c1-18-7-6-10-23(19(18)2)17-28-27(33)24(15-16-25(30)31)29-26(32)22-13-11-21(12-14-22)20-8-4-3-5-9-20/h3-14,24H,15-17H2,1-2H3,(H,28,33)(H,29,32)(H,30,31)/t24-/m0/s1. The lowest BCUT2D eigenvalue weighted by Crippen LogP contribution is -2.46. The number of carboxylic acid groups (broad SMARTS) is 1. The van der Waals surface area contributed by atoms with Gasteiger partial charge in [-0.3, -0.25) is 14.4 Å². The Labute approximate surface area is 193 Å². The predicted molar refractivity (Wildman–Crippen MR) is 128 cm³/mol. The molecule has 0 fully saturated rings. The number of amides is 2. The lowest BCUT2D eigenvalue weighted by Gasteiger charge is -2.19. The summed E-state index contributed by atoms with van der Waals surface area (Å²) in [4.78, 5) is 36.7. The normalized spacial score (nSPS) is 11.5. The Balaban J connectivity index is 1.68. The number of aryl methyl sites for hydroxylation is 1. The van der Waals surface area contributed by atoms with E-state index < -0.39 is 23.8 Å². The van der Waals surface area contributed by atoms with Crippen molar-refractivity contribution in [1.82, 2.24) is 10.6 Å². The van der Waals surface area contributed by atoms with E-state index in [4.69, 9.17) is 5.11 Å². The van der Waals surface area contributed by atoms with Gasteiger partial charge in [-0.25, -0.2) is 0 Å². The quantitative estimate of drug-likeness (QED) is 0.460.